The zero-order chi connectivity index (χ0) is 13.2. The van der Waals surface area contributed by atoms with Crippen molar-refractivity contribution in [3.05, 3.63) is 71.8 Å². The summed E-state index contributed by atoms with van der Waals surface area (Å²) in [7, 11) is 0. The topological polar surface area (TPSA) is 20.3 Å². The van der Waals surface area contributed by atoms with Gasteiger partial charge in [-0.3, -0.25) is 4.79 Å². The van der Waals surface area contributed by atoms with E-state index in [4.69, 9.17) is 11.6 Å². The zero-order valence-electron chi connectivity index (χ0n) is 10.4. The van der Waals surface area contributed by atoms with Crippen LogP contribution in [-0.4, -0.2) is 16.2 Å². The van der Waals surface area contributed by atoms with Crippen LogP contribution >= 0.6 is 11.6 Å². The predicted molar refractivity (Wildman–Crippen MR) is 75.8 cm³/mol. The summed E-state index contributed by atoms with van der Waals surface area (Å²) in [5.41, 5.74) is 2.22. The maximum atomic E-state index is 11.9. The molecule has 19 heavy (non-hydrogen) atoms. The van der Waals surface area contributed by atoms with Crippen molar-refractivity contribution in [1.82, 2.24) is 4.90 Å². The third-order valence-corrected chi connectivity index (χ3v) is 3.89. The van der Waals surface area contributed by atoms with Gasteiger partial charge in [0.1, 0.15) is 5.38 Å². The van der Waals surface area contributed by atoms with Crippen LogP contribution in [0.5, 0.6) is 0 Å². The molecule has 2 atom stereocenters. The summed E-state index contributed by atoms with van der Waals surface area (Å²) in [6, 6.07) is 19.9. The number of alkyl halides is 1. The minimum absolute atomic E-state index is 0.0133. The molecule has 1 aliphatic heterocycles. The van der Waals surface area contributed by atoms with E-state index in [0.29, 0.717) is 6.54 Å². The maximum absolute atomic E-state index is 11.9. The van der Waals surface area contributed by atoms with E-state index in [2.05, 4.69) is 0 Å². The Morgan fingerprint density at radius 1 is 0.947 bits per heavy atom. The van der Waals surface area contributed by atoms with Crippen LogP contribution in [0.3, 0.4) is 0 Å². The molecule has 0 bridgehead atoms. The van der Waals surface area contributed by atoms with Crippen molar-refractivity contribution in [1.29, 1.82) is 0 Å². The van der Waals surface area contributed by atoms with Crippen LogP contribution in [0.1, 0.15) is 17.2 Å². The average Bonchev–Trinajstić information content (AvgIpc) is 2.48. The summed E-state index contributed by atoms with van der Waals surface area (Å²) >= 11 is 6.17. The molecule has 0 N–H and O–H groups in total. The summed E-state index contributed by atoms with van der Waals surface area (Å²) in [6.45, 7) is 0.614. The minimum atomic E-state index is -0.439. The lowest BCUT2D eigenvalue weighted by Gasteiger charge is -2.44. The van der Waals surface area contributed by atoms with Crippen LogP contribution in [0.15, 0.2) is 60.7 Å². The van der Waals surface area contributed by atoms with E-state index in [-0.39, 0.29) is 11.9 Å². The van der Waals surface area contributed by atoms with Gasteiger partial charge in [-0.1, -0.05) is 60.7 Å². The van der Waals surface area contributed by atoms with Crippen LogP contribution in [0.4, 0.5) is 0 Å². The molecule has 0 aromatic heterocycles. The third-order valence-electron chi connectivity index (χ3n) is 3.47. The maximum Gasteiger partial charge on any atom is 0.244 e. The van der Waals surface area contributed by atoms with Crippen LogP contribution in [0, 0.1) is 0 Å². The van der Waals surface area contributed by atoms with Crippen molar-refractivity contribution in [3.63, 3.8) is 0 Å². The Labute approximate surface area is 117 Å². The fourth-order valence-electron chi connectivity index (χ4n) is 2.46. The average molecular weight is 272 g/mol. The van der Waals surface area contributed by atoms with E-state index in [0.717, 1.165) is 11.1 Å². The van der Waals surface area contributed by atoms with Gasteiger partial charge in [-0.15, -0.1) is 11.6 Å². The Balaban J connectivity index is 1.82. The third kappa shape index (κ3) is 2.24. The minimum Gasteiger partial charge on any atom is -0.328 e. The molecule has 1 saturated heterocycles. The predicted octanol–water partition coefficient (Wildman–Crippen LogP) is 3.38. The van der Waals surface area contributed by atoms with Gasteiger partial charge >= 0.3 is 0 Å². The molecule has 2 aromatic rings. The molecule has 1 fully saturated rings. The Morgan fingerprint density at radius 3 is 2.16 bits per heavy atom. The Kier molecular flexibility index (Phi) is 3.26. The number of amides is 1. The van der Waals surface area contributed by atoms with Gasteiger partial charge < -0.3 is 4.90 Å². The number of β-lactam (4-membered cyclic amide) rings is 1. The molecule has 1 amide bonds. The molecule has 1 heterocycles. The molecule has 0 aliphatic carbocycles. The van der Waals surface area contributed by atoms with Crippen molar-refractivity contribution in [3.8, 4) is 0 Å². The van der Waals surface area contributed by atoms with Gasteiger partial charge in [0.15, 0.2) is 0 Å². The van der Waals surface area contributed by atoms with Gasteiger partial charge in [0.25, 0.3) is 0 Å². The molecule has 0 unspecified atom stereocenters. The monoisotopic (exact) mass is 271 g/mol. The summed E-state index contributed by atoms with van der Waals surface area (Å²) in [5.74, 6) is 0.0133. The van der Waals surface area contributed by atoms with Crippen molar-refractivity contribution < 1.29 is 4.79 Å². The Bertz CT molecular complexity index is 570. The first-order valence-electron chi connectivity index (χ1n) is 6.31. The van der Waals surface area contributed by atoms with Gasteiger partial charge in [0.2, 0.25) is 5.91 Å². The second kappa shape index (κ2) is 5.06. The fraction of sp³-hybridized carbons (Fsp3) is 0.188. The molecular weight excluding hydrogens is 258 g/mol. The second-order valence-electron chi connectivity index (χ2n) is 4.71. The van der Waals surface area contributed by atoms with E-state index in [1.807, 2.05) is 65.6 Å². The number of carbonyl (C=O) groups is 1. The number of halogens is 1. The SMILES string of the molecule is O=C1[C@@H](Cl)[C@H](c2ccccc2)N1Cc1ccccc1. The molecule has 96 valence electrons. The summed E-state index contributed by atoms with van der Waals surface area (Å²) < 4.78 is 0. The van der Waals surface area contributed by atoms with E-state index in [1.165, 1.54) is 0 Å². The van der Waals surface area contributed by atoms with E-state index >= 15 is 0 Å². The number of hydrogen-bond acceptors (Lipinski definition) is 1. The molecule has 2 aromatic carbocycles. The lowest BCUT2D eigenvalue weighted by molar-refractivity contribution is -0.146. The number of benzene rings is 2. The molecular formula is C16H14ClNO. The summed E-state index contributed by atoms with van der Waals surface area (Å²) in [4.78, 5) is 13.8. The van der Waals surface area contributed by atoms with Crippen LogP contribution in [-0.2, 0) is 11.3 Å². The van der Waals surface area contributed by atoms with E-state index < -0.39 is 5.38 Å². The van der Waals surface area contributed by atoms with Crippen molar-refractivity contribution in [2.75, 3.05) is 0 Å². The highest BCUT2D eigenvalue weighted by molar-refractivity contribution is 6.33. The van der Waals surface area contributed by atoms with Gasteiger partial charge in [-0.05, 0) is 11.1 Å². The molecule has 3 rings (SSSR count). The zero-order valence-corrected chi connectivity index (χ0v) is 11.1. The molecule has 0 spiro atoms. The van der Waals surface area contributed by atoms with E-state index in [1.54, 1.807) is 0 Å². The standard InChI is InChI=1S/C16H14ClNO/c17-14-15(13-9-5-2-6-10-13)18(16(14)19)11-12-7-3-1-4-8-12/h1-10,14-15H,11H2/t14-,15-/m0/s1. The second-order valence-corrected chi connectivity index (χ2v) is 5.18. The molecule has 3 heteroatoms. The molecule has 2 nitrogen and oxygen atoms in total. The molecule has 0 saturated carbocycles. The smallest absolute Gasteiger partial charge is 0.244 e. The summed E-state index contributed by atoms with van der Waals surface area (Å²) in [5, 5.41) is -0.439. The number of rotatable bonds is 3. The van der Waals surface area contributed by atoms with Gasteiger partial charge in [0.05, 0.1) is 6.04 Å². The van der Waals surface area contributed by atoms with Crippen molar-refractivity contribution >= 4 is 17.5 Å². The van der Waals surface area contributed by atoms with Crippen molar-refractivity contribution in [2.45, 2.75) is 18.0 Å². The van der Waals surface area contributed by atoms with Crippen LogP contribution in [0.25, 0.3) is 0 Å². The first-order valence-corrected chi connectivity index (χ1v) is 6.74. The van der Waals surface area contributed by atoms with Crippen molar-refractivity contribution in [2.24, 2.45) is 0 Å². The number of hydrogen-bond donors (Lipinski definition) is 0. The lowest BCUT2D eigenvalue weighted by atomic mass is 9.92. The Hall–Kier alpha value is -1.80. The van der Waals surface area contributed by atoms with Gasteiger partial charge in [0, 0.05) is 6.54 Å². The largest absolute Gasteiger partial charge is 0.328 e. The van der Waals surface area contributed by atoms with Crippen LogP contribution in [0.2, 0.25) is 0 Å². The number of nitrogens with zero attached hydrogens (tertiary/aromatic N) is 1. The first-order chi connectivity index (χ1) is 9.27. The first kappa shape index (κ1) is 12.2. The number of carbonyl (C=O) groups excluding carboxylic acids is 1. The normalized spacial score (nSPS) is 22.2. The molecule has 1 aliphatic rings. The lowest BCUT2D eigenvalue weighted by Crippen LogP contribution is -2.55. The highest BCUT2D eigenvalue weighted by atomic mass is 35.5. The number of likely N-dealkylation sites (tertiary alicyclic amines) is 1. The highest BCUT2D eigenvalue weighted by Crippen LogP contribution is 2.39. The highest BCUT2D eigenvalue weighted by Gasteiger charge is 2.46. The van der Waals surface area contributed by atoms with Gasteiger partial charge in [-0.25, -0.2) is 0 Å². The van der Waals surface area contributed by atoms with Gasteiger partial charge in [-0.2, -0.15) is 0 Å². The molecule has 0 radical (unpaired) electrons. The Morgan fingerprint density at radius 2 is 1.53 bits per heavy atom. The van der Waals surface area contributed by atoms with E-state index in [9.17, 15) is 4.79 Å². The quantitative estimate of drug-likeness (QED) is 0.619. The summed E-state index contributed by atoms with van der Waals surface area (Å²) in [6.07, 6.45) is 0. The van der Waals surface area contributed by atoms with Crippen LogP contribution < -0.4 is 0 Å². The fourth-order valence-corrected chi connectivity index (χ4v) is 2.87.